The molecular formula is C9H13N3O. The Bertz CT molecular complexity index is 383. The van der Waals surface area contributed by atoms with Gasteiger partial charge in [0.05, 0.1) is 5.69 Å². The van der Waals surface area contributed by atoms with Crippen LogP contribution in [-0.2, 0) is 6.42 Å². The highest BCUT2D eigenvalue weighted by Crippen LogP contribution is 2.26. The lowest BCUT2D eigenvalue weighted by molar-refractivity contribution is 0.549. The fourth-order valence-electron chi connectivity index (χ4n) is 1.97. The van der Waals surface area contributed by atoms with Crippen molar-refractivity contribution in [2.75, 3.05) is 0 Å². The van der Waals surface area contributed by atoms with E-state index in [0.29, 0.717) is 0 Å². The second-order valence-corrected chi connectivity index (χ2v) is 3.53. The van der Waals surface area contributed by atoms with Crippen molar-refractivity contribution in [2.24, 2.45) is 5.73 Å². The van der Waals surface area contributed by atoms with Gasteiger partial charge >= 0.3 is 5.69 Å². The maximum Gasteiger partial charge on any atom is 0.345 e. The van der Waals surface area contributed by atoms with Crippen molar-refractivity contribution in [1.82, 2.24) is 9.97 Å². The third kappa shape index (κ3) is 1.37. The van der Waals surface area contributed by atoms with E-state index in [9.17, 15) is 4.79 Å². The summed E-state index contributed by atoms with van der Waals surface area (Å²) in [5.74, 6) is 0. The van der Waals surface area contributed by atoms with E-state index in [4.69, 9.17) is 5.73 Å². The monoisotopic (exact) mass is 179 g/mol. The fraction of sp³-hybridized carbons (Fsp3) is 0.556. The number of nitrogens with two attached hydrogens (primary N) is 1. The van der Waals surface area contributed by atoms with E-state index in [1.54, 1.807) is 0 Å². The van der Waals surface area contributed by atoms with Gasteiger partial charge in [-0.05, 0) is 26.2 Å². The minimum Gasteiger partial charge on any atom is -0.324 e. The normalized spacial score (nSPS) is 21.2. The Morgan fingerprint density at radius 2 is 2.38 bits per heavy atom. The number of hydrogen-bond donors (Lipinski definition) is 2. The Labute approximate surface area is 76.2 Å². The van der Waals surface area contributed by atoms with Gasteiger partial charge in [-0.2, -0.15) is 4.98 Å². The van der Waals surface area contributed by atoms with Crippen LogP contribution in [0, 0.1) is 6.92 Å². The van der Waals surface area contributed by atoms with Crippen LogP contribution in [0.4, 0.5) is 0 Å². The predicted molar refractivity (Wildman–Crippen MR) is 49.5 cm³/mol. The van der Waals surface area contributed by atoms with Gasteiger partial charge in [0.25, 0.3) is 0 Å². The molecule has 1 aliphatic rings. The number of rotatable bonds is 0. The second kappa shape index (κ2) is 2.96. The van der Waals surface area contributed by atoms with Gasteiger partial charge in [-0.1, -0.05) is 0 Å². The first-order chi connectivity index (χ1) is 6.18. The lowest BCUT2D eigenvalue weighted by Gasteiger charge is -2.22. The highest BCUT2D eigenvalue weighted by Gasteiger charge is 2.20. The van der Waals surface area contributed by atoms with Crippen molar-refractivity contribution < 1.29 is 0 Å². The summed E-state index contributed by atoms with van der Waals surface area (Å²) < 4.78 is 0. The standard InChI is InChI=1S/C9H13N3O/c1-5-8-6(10)3-2-4-7(8)12-9(13)11-5/h6H,2-4,10H2,1H3,(H,11,12,13). The lowest BCUT2D eigenvalue weighted by Crippen LogP contribution is -2.25. The number of nitrogens with zero attached hydrogens (tertiary/aromatic N) is 1. The summed E-state index contributed by atoms with van der Waals surface area (Å²) in [7, 11) is 0. The molecule has 0 amide bonds. The molecule has 1 unspecified atom stereocenters. The average molecular weight is 179 g/mol. The van der Waals surface area contributed by atoms with Crippen LogP contribution in [0.2, 0.25) is 0 Å². The van der Waals surface area contributed by atoms with Crippen molar-refractivity contribution in [3.05, 3.63) is 27.4 Å². The third-order valence-corrected chi connectivity index (χ3v) is 2.55. The highest BCUT2D eigenvalue weighted by atomic mass is 16.1. The van der Waals surface area contributed by atoms with Crippen molar-refractivity contribution in [3.8, 4) is 0 Å². The molecule has 0 bridgehead atoms. The summed E-state index contributed by atoms with van der Waals surface area (Å²) in [5, 5.41) is 0. The van der Waals surface area contributed by atoms with Crippen molar-refractivity contribution in [1.29, 1.82) is 0 Å². The van der Waals surface area contributed by atoms with Crippen LogP contribution in [0.1, 0.15) is 35.8 Å². The number of aromatic amines is 1. The summed E-state index contributed by atoms with van der Waals surface area (Å²) in [5.41, 5.74) is 8.49. The van der Waals surface area contributed by atoms with Crippen molar-refractivity contribution in [2.45, 2.75) is 32.2 Å². The topological polar surface area (TPSA) is 71.8 Å². The molecule has 4 heteroatoms. The number of aryl methyl sites for hydroxylation is 2. The lowest BCUT2D eigenvalue weighted by atomic mass is 9.91. The molecule has 1 aliphatic carbocycles. The molecule has 0 aliphatic heterocycles. The van der Waals surface area contributed by atoms with Crippen LogP contribution in [0.3, 0.4) is 0 Å². The minimum atomic E-state index is -0.259. The van der Waals surface area contributed by atoms with Gasteiger partial charge in [-0.15, -0.1) is 0 Å². The molecule has 0 saturated heterocycles. The van der Waals surface area contributed by atoms with E-state index in [0.717, 1.165) is 36.2 Å². The summed E-state index contributed by atoms with van der Waals surface area (Å²) in [4.78, 5) is 17.7. The number of H-pyrrole nitrogens is 1. The smallest absolute Gasteiger partial charge is 0.324 e. The first-order valence-corrected chi connectivity index (χ1v) is 4.54. The van der Waals surface area contributed by atoms with E-state index in [2.05, 4.69) is 9.97 Å². The quantitative estimate of drug-likeness (QED) is 0.606. The van der Waals surface area contributed by atoms with Crippen LogP contribution in [0.25, 0.3) is 0 Å². The molecule has 0 spiro atoms. The molecule has 0 fully saturated rings. The first kappa shape index (κ1) is 8.44. The highest BCUT2D eigenvalue weighted by molar-refractivity contribution is 5.29. The molecule has 0 radical (unpaired) electrons. The molecule has 1 aromatic heterocycles. The van der Waals surface area contributed by atoms with Crippen LogP contribution in [0.15, 0.2) is 4.79 Å². The third-order valence-electron chi connectivity index (χ3n) is 2.55. The summed E-state index contributed by atoms with van der Waals surface area (Å²) in [6.07, 6.45) is 2.90. The van der Waals surface area contributed by atoms with Crippen LogP contribution < -0.4 is 11.4 Å². The first-order valence-electron chi connectivity index (χ1n) is 4.54. The molecule has 3 N–H and O–H groups in total. The molecule has 0 saturated carbocycles. The van der Waals surface area contributed by atoms with E-state index in [1.165, 1.54) is 0 Å². The van der Waals surface area contributed by atoms with Gasteiger partial charge in [0.2, 0.25) is 0 Å². The summed E-state index contributed by atoms with van der Waals surface area (Å²) in [6, 6.07) is 0.0492. The van der Waals surface area contributed by atoms with Gasteiger partial charge in [-0.3, -0.25) is 0 Å². The molecular weight excluding hydrogens is 166 g/mol. The molecule has 1 atom stereocenters. The predicted octanol–water partition coefficient (Wildman–Crippen LogP) is 0.414. The average Bonchev–Trinajstić information content (AvgIpc) is 2.02. The van der Waals surface area contributed by atoms with Crippen molar-refractivity contribution in [3.63, 3.8) is 0 Å². The maximum atomic E-state index is 11.1. The zero-order chi connectivity index (χ0) is 9.42. The van der Waals surface area contributed by atoms with Gasteiger partial charge in [-0.25, -0.2) is 4.79 Å². The molecule has 0 aromatic carbocycles. The molecule has 2 rings (SSSR count). The molecule has 1 heterocycles. The second-order valence-electron chi connectivity index (χ2n) is 3.53. The maximum absolute atomic E-state index is 11.1. The van der Waals surface area contributed by atoms with Crippen molar-refractivity contribution >= 4 is 0 Å². The van der Waals surface area contributed by atoms with Gasteiger partial charge in [0.15, 0.2) is 0 Å². The Hall–Kier alpha value is -1.16. The zero-order valence-electron chi connectivity index (χ0n) is 7.63. The Balaban J connectivity index is 2.63. The van der Waals surface area contributed by atoms with Gasteiger partial charge in [0.1, 0.15) is 0 Å². The van der Waals surface area contributed by atoms with E-state index < -0.39 is 0 Å². The molecule has 4 nitrogen and oxygen atoms in total. The molecule has 1 aromatic rings. The largest absolute Gasteiger partial charge is 0.345 e. The summed E-state index contributed by atoms with van der Waals surface area (Å²) in [6.45, 7) is 1.88. The Kier molecular flexibility index (Phi) is 1.92. The van der Waals surface area contributed by atoms with Gasteiger partial charge in [0, 0.05) is 17.3 Å². The van der Waals surface area contributed by atoms with E-state index >= 15 is 0 Å². The molecule has 70 valence electrons. The molecule has 13 heavy (non-hydrogen) atoms. The van der Waals surface area contributed by atoms with E-state index in [1.807, 2.05) is 6.92 Å². The Morgan fingerprint density at radius 1 is 1.62 bits per heavy atom. The van der Waals surface area contributed by atoms with Gasteiger partial charge < -0.3 is 10.7 Å². The minimum absolute atomic E-state index is 0.0492. The number of hydrogen-bond acceptors (Lipinski definition) is 3. The van der Waals surface area contributed by atoms with Crippen LogP contribution in [-0.4, -0.2) is 9.97 Å². The number of fused-ring (bicyclic) bond motifs is 1. The number of nitrogens with one attached hydrogen (secondary N) is 1. The number of aromatic nitrogens is 2. The summed E-state index contributed by atoms with van der Waals surface area (Å²) >= 11 is 0. The van der Waals surface area contributed by atoms with Crippen LogP contribution in [0.5, 0.6) is 0 Å². The Morgan fingerprint density at radius 3 is 3.15 bits per heavy atom. The van der Waals surface area contributed by atoms with Crippen LogP contribution >= 0.6 is 0 Å². The SMILES string of the molecule is Cc1[nH]c(=O)nc2c1C(N)CCC2. The fourth-order valence-corrected chi connectivity index (χ4v) is 1.97. The zero-order valence-corrected chi connectivity index (χ0v) is 7.63. The van der Waals surface area contributed by atoms with E-state index in [-0.39, 0.29) is 11.7 Å².